The third-order valence-corrected chi connectivity index (χ3v) is 3.12. The molecular weight excluding hydrogens is 320 g/mol. The molecule has 0 spiro atoms. The molecule has 0 bridgehead atoms. The predicted molar refractivity (Wildman–Crippen MR) is 71.2 cm³/mol. The number of hydrazine groups is 1. The first-order valence-electron chi connectivity index (χ1n) is 5.26. The molecule has 0 atom stereocenters. The summed E-state index contributed by atoms with van der Waals surface area (Å²) in [7, 11) is 0. The highest BCUT2D eigenvalue weighted by molar-refractivity contribution is 9.10. The van der Waals surface area contributed by atoms with E-state index >= 15 is 0 Å². The number of rotatable bonds is 4. The fourth-order valence-electron chi connectivity index (χ4n) is 1.43. The van der Waals surface area contributed by atoms with Gasteiger partial charge in [0, 0.05) is 6.54 Å². The number of aromatic nitrogens is 2. The Labute approximate surface area is 116 Å². The molecule has 100 valence electrons. The summed E-state index contributed by atoms with van der Waals surface area (Å²) in [6.45, 7) is 0.289. The number of nitrogens with one attached hydrogen (secondary N) is 2. The standard InChI is InChI=1S/C11H10BrF2N5/c12-9-10(17-5-18-11(9)19-15)16-4-6-1-2-7(13)8(14)3-6/h1-3,5H,4,15H2,(H2,16,17,18,19). The maximum Gasteiger partial charge on any atom is 0.159 e. The van der Waals surface area contributed by atoms with Crippen LogP contribution < -0.4 is 16.6 Å². The van der Waals surface area contributed by atoms with Crippen molar-refractivity contribution in [3.63, 3.8) is 0 Å². The maximum absolute atomic E-state index is 13.0. The number of nitrogens with two attached hydrogens (primary N) is 1. The maximum atomic E-state index is 13.0. The van der Waals surface area contributed by atoms with Gasteiger partial charge in [-0.3, -0.25) is 0 Å². The van der Waals surface area contributed by atoms with E-state index in [4.69, 9.17) is 5.84 Å². The average Bonchev–Trinajstić information content (AvgIpc) is 2.41. The summed E-state index contributed by atoms with van der Waals surface area (Å²) in [6.07, 6.45) is 1.33. The highest BCUT2D eigenvalue weighted by atomic mass is 79.9. The van der Waals surface area contributed by atoms with Crippen LogP contribution in [0.1, 0.15) is 5.56 Å². The van der Waals surface area contributed by atoms with Crippen LogP contribution in [0.5, 0.6) is 0 Å². The lowest BCUT2D eigenvalue weighted by Gasteiger charge is -2.09. The minimum Gasteiger partial charge on any atom is -0.365 e. The van der Waals surface area contributed by atoms with E-state index in [-0.39, 0.29) is 6.54 Å². The molecule has 0 saturated carbocycles. The molecule has 0 aliphatic heterocycles. The summed E-state index contributed by atoms with van der Waals surface area (Å²) in [5, 5.41) is 2.97. The second kappa shape index (κ2) is 5.89. The normalized spacial score (nSPS) is 10.3. The van der Waals surface area contributed by atoms with Crippen molar-refractivity contribution in [3.05, 3.63) is 46.2 Å². The molecule has 2 aromatic rings. The molecule has 8 heteroatoms. The van der Waals surface area contributed by atoms with Gasteiger partial charge in [-0.2, -0.15) is 0 Å². The summed E-state index contributed by atoms with van der Waals surface area (Å²) < 4.78 is 26.4. The van der Waals surface area contributed by atoms with E-state index in [1.807, 2.05) is 0 Å². The van der Waals surface area contributed by atoms with Crippen LogP contribution in [0.2, 0.25) is 0 Å². The van der Waals surface area contributed by atoms with Crippen molar-refractivity contribution in [1.82, 2.24) is 9.97 Å². The first-order chi connectivity index (χ1) is 9.11. The lowest BCUT2D eigenvalue weighted by atomic mass is 10.2. The first-order valence-corrected chi connectivity index (χ1v) is 6.06. The van der Waals surface area contributed by atoms with Crippen molar-refractivity contribution in [2.45, 2.75) is 6.54 Å². The van der Waals surface area contributed by atoms with Crippen molar-refractivity contribution >= 4 is 27.6 Å². The molecule has 0 unspecified atom stereocenters. The molecule has 1 aromatic heterocycles. The molecule has 0 amide bonds. The molecule has 0 aliphatic carbocycles. The molecule has 19 heavy (non-hydrogen) atoms. The van der Waals surface area contributed by atoms with Crippen molar-refractivity contribution in [1.29, 1.82) is 0 Å². The molecule has 2 rings (SSSR count). The van der Waals surface area contributed by atoms with Gasteiger partial charge in [0.25, 0.3) is 0 Å². The van der Waals surface area contributed by atoms with Crippen LogP contribution >= 0.6 is 15.9 Å². The van der Waals surface area contributed by atoms with E-state index < -0.39 is 11.6 Å². The number of nitrogen functional groups attached to an aromatic ring is 1. The summed E-state index contributed by atoms with van der Waals surface area (Å²) in [5.41, 5.74) is 2.99. The highest BCUT2D eigenvalue weighted by Gasteiger charge is 2.08. The van der Waals surface area contributed by atoms with E-state index in [0.717, 1.165) is 12.1 Å². The van der Waals surface area contributed by atoms with Crippen LogP contribution in [0, 0.1) is 11.6 Å². The third kappa shape index (κ3) is 3.15. The number of hydrogen-bond donors (Lipinski definition) is 3. The summed E-state index contributed by atoms with van der Waals surface area (Å²) in [4.78, 5) is 7.90. The largest absolute Gasteiger partial charge is 0.365 e. The van der Waals surface area contributed by atoms with E-state index in [2.05, 4.69) is 36.6 Å². The number of anilines is 2. The Hall–Kier alpha value is -1.80. The molecule has 0 saturated heterocycles. The van der Waals surface area contributed by atoms with E-state index in [1.54, 1.807) is 0 Å². The van der Waals surface area contributed by atoms with E-state index in [0.29, 0.717) is 21.7 Å². The van der Waals surface area contributed by atoms with Gasteiger partial charge >= 0.3 is 0 Å². The number of nitrogens with zero attached hydrogens (tertiary/aromatic N) is 2. The van der Waals surface area contributed by atoms with Crippen LogP contribution in [-0.2, 0) is 6.54 Å². The van der Waals surface area contributed by atoms with Crippen LogP contribution in [0.3, 0.4) is 0 Å². The molecule has 5 nitrogen and oxygen atoms in total. The van der Waals surface area contributed by atoms with Gasteiger partial charge in [-0.25, -0.2) is 24.6 Å². The SMILES string of the molecule is NNc1ncnc(NCc2ccc(F)c(F)c2)c1Br. The molecule has 1 heterocycles. The number of hydrogen-bond acceptors (Lipinski definition) is 5. The minimum atomic E-state index is -0.884. The van der Waals surface area contributed by atoms with Crippen LogP contribution in [-0.4, -0.2) is 9.97 Å². The lowest BCUT2D eigenvalue weighted by molar-refractivity contribution is 0.507. The Kier molecular flexibility index (Phi) is 4.23. The van der Waals surface area contributed by atoms with Crippen LogP contribution in [0.4, 0.5) is 20.4 Å². The van der Waals surface area contributed by atoms with Gasteiger partial charge in [-0.15, -0.1) is 0 Å². The second-order valence-corrected chi connectivity index (χ2v) is 4.42. The van der Waals surface area contributed by atoms with E-state index in [9.17, 15) is 8.78 Å². The molecule has 0 aliphatic rings. The summed E-state index contributed by atoms with van der Waals surface area (Å²) in [5.74, 6) is 4.43. The zero-order valence-corrected chi connectivity index (χ0v) is 11.2. The zero-order chi connectivity index (χ0) is 13.8. The molecule has 4 N–H and O–H groups in total. The van der Waals surface area contributed by atoms with Gasteiger partial charge in [0.15, 0.2) is 17.5 Å². The molecular formula is C11H10BrF2N5. The predicted octanol–water partition coefficient (Wildman–Crippen LogP) is 2.42. The summed E-state index contributed by atoms with van der Waals surface area (Å²) in [6, 6.07) is 3.69. The Balaban J connectivity index is 2.12. The van der Waals surface area contributed by atoms with Crippen molar-refractivity contribution in [2.24, 2.45) is 5.84 Å². The van der Waals surface area contributed by atoms with Gasteiger partial charge < -0.3 is 10.7 Å². The van der Waals surface area contributed by atoms with E-state index in [1.165, 1.54) is 12.4 Å². The van der Waals surface area contributed by atoms with Gasteiger partial charge in [0.2, 0.25) is 0 Å². The minimum absolute atomic E-state index is 0.289. The van der Waals surface area contributed by atoms with Crippen molar-refractivity contribution in [3.8, 4) is 0 Å². The molecule has 0 fully saturated rings. The topological polar surface area (TPSA) is 75.9 Å². The van der Waals surface area contributed by atoms with Gasteiger partial charge in [-0.05, 0) is 33.6 Å². The van der Waals surface area contributed by atoms with Gasteiger partial charge in [0.05, 0.1) is 0 Å². The zero-order valence-electron chi connectivity index (χ0n) is 9.62. The van der Waals surface area contributed by atoms with Crippen molar-refractivity contribution < 1.29 is 8.78 Å². The van der Waals surface area contributed by atoms with Crippen LogP contribution in [0.15, 0.2) is 29.0 Å². The Bertz CT molecular complexity index is 593. The lowest BCUT2D eigenvalue weighted by Crippen LogP contribution is -2.11. The molecule has 0 radical (unpaired) electrons. The average molecular weight is 330 g/mol. The Morgan fingerprint density at radius 2 is 1.89 bits per heavy atom. The van der Waals surface area contributed by atoms with Gasteiger partial charge in [-0.1, -0.05) is 6.07 Å². The quantitative estimate of drug-likeness (QED) is 0.593. The first kappa shape index (κ1) is 13.6. The number of halogens is 3. The smallest absolute Gasteiger partial charge is 0.159 e. The van der Waals surface area contributed by atoms with Gasteiger partial charge in [0.1, 0.15) is 16.6 Å². The second-order valence-electron chi connectivity index (χ2n) is 3.63. The summed E-state index contributed by atoms with van der Waals surface area (Å²) >= 11 is 3.28. The number of benzene rings is 1. The fourth-order valence-corrected chi connectivity index (χ4v) is 1.89. The highest BCUT2D eigenvalue weighted by Crippen LogP contribution is 2.26. The Morgan fingerprint density at radius 3 is 2.58 bits per heavy atom. The fraction of sp³-hybridized carbons (Fsp3) is 0.0909. The van der Waals surface area contributed by atoms with Crippen molar-refractivity contribution in [2.75, 3.05) is 10.7 Å². The Morgan fingerprint density at radius 1 is 1.16 bits per heavy atom. The van der Waals surface area contributed by atoms with Crippen LogP contribution in [0.25, 0.3) is 0 Å². The monoisotopic (exact) mass is 329 g/mol. The third-order valence-electron chi connectivity index (χ3n) is 2.37. The molecule has 1 aromatic carbocycles.